The second-order valence-electron chi connectivity index (χ2n) is 11.8. The van der Waals surface area contributed by atoms with E-state index in [0.717, 1.165) is 15.1 Å². The van der Waals surface area contributed by atoms with Gasteiger partial charge in [-0.25, -0.2) is 9.78 Å². The Morgan fingerprint density at radius 3 is 1.95 bits per heavy atom. The van der Waals surface area contributed by atoms with E-state index >= 15 is 0 Å². The third kappa shape index (κ3) is 6.99. The van der Waals surface area contributed by atoms with Gasteiger partial charge in [-0.2, -0.15) is 0 Å². The smallest absolute Gasteiger partial charge is 0.413 e. The molecule has 3 aromatic carbocycles. The first-order valence-electron chi connectivity index (χ1n) is 13.4. The molecule has 2 amide bonds. The monoisotopic (exact) mass is 653 g/mol. The summed E-state index contributed by atoms with van der Waals surface area (Å²) in [5, 5.41) is 8.03. The summed E-state index contributed by atoms with van der Waals surface area (Å²) >= 11 is 4.64. The van der Waals surface area contributed by atoms with E-state index in [1.54, 1.807) is 27.7 Å². The number of alkyl halides is 1. The maximum atomic E-state index is 12.7. The average Bonchev–Trinajstić information content (AvgIpc) is 3.28. The van der Waals surface area contributed by atoms with Crippen LogP contribution in [0.15, 0.2) is 72.8 Å². The van der Waals surface area contributed by atoms with Gasteiger partial charge in [0.05, 0.1) is 9.53 Å². The van der Waals surface area contributed by atoms with Gasteiger partial charge in [0.1, 0.15) is 16.9 Å². The molecule has 1 heterocycles. The normalized spacial score (nSPS) is 13.0. The molecule has 41 heavy (non-hydrogen) atoms. The van der Waals surface area contributed by atoms with Crippen molar-refractivity contribution in [3.8, 4) is 5.75 Å². The summed E-state index contributed by atoms with van der Waals surface area (Å²) in [5.41, 5.74) is 0.524. The quantitative estimate of drug-likeness (QED) is 0.161. The molecule has 0 saturated heterocycles. The number of aromatic nitrogens is 1. The van der Waals surface area contributed by atoms with Gasteiger partial charge in [0, 0.05) is 11.8 Å². The van der Waals surface area contributed by atoms with Gasteiger partial charge in [0.2, 0.25) is 5.91 Å². The van der Waals surface area contributed by atoms with Crippen LogP contribution in [0, 0.1) is 0 Å². The second-order valence-corrected chi connectivity index (χ2v) is 18.5. The summed E-state index contributed by atoms with van der Waals surface area (Å²) in [6, 6.07) is 24.3. The summed E-state index contributed by atoms with van der Waals surface area (Å²) in [7, 11) is -3.02. The Kier molecular flexibility index (Phi) is 8.96. The van der Waals surface area contributed by atoms with Gasteiger partial charge in [-0.1, -0.05) is 109 Å². The van der Waals surface area contributed by atoms with Crippen LogP contribution in [-0.2, 0) is 9.53 Å². The molecular weight excluding hydrogens is 618 g/mol. The predicted octanol–water partition coefficient (Wildman–Crippen LogP) is 7.30. The number of ether oxygens (including phenoxy) is 1. The molecule has 0 aliphatic rings. The van der Waals surface area contributed by atoms with E-state index in [2.05, 4.69) is 71.6 Å². The van der Waals surface area contributed by atoms with Crippen LogP contribution >= 0.6 is 27.3 Å². The number of hydrogen-bond acceptors (Lipinski definition) is 6. The van der Waals surface area contributed by atoms with E-state index in [0.29, 0.717) is 22.1 Å². The SMILES string of the molecule is CC(Br)C(=O)Nc1cc(O[Si](c2ccccc2)(c2ccccc2)C(C)(C)C)c2nc(NC(=O)OC(C)(C)C)sc2c1. The van der Waals surface area contributed by atoms with Gasteiger partial charge in [0.25, 0.3) is 0 Å². The number of thiazole rings is 1. The molecule has 1 unspecified atom stereocenters. The maximum Gasteiger partial charge on any atom is 0.413 e. The molecule has 0 saturated carbocycles. The van der Waals surface area contributed by atoms with Crippen LogP contribution in [0.3, 0.4) is 0 Å². The van der Waals surface area contributed by atoms with Gasteiger partial charge < -0.3 is 14.5 Å². The summed E-state index contributed by atoms with van der Waals surface area (Å²) < 4.78 is 13.5. The zero-order chi connectivity index (χ0) is 30.0. The van der Waals surface area contributed by atoms with Crippen LogP contribution in [0.5, 0.6) is 5.75 Å². The summed E-state index contributed by atoms with van der Waals surface area (Å²) in [5.74, 6) is 0.347. The van der Waals surface area contributed by atoms with Crippen LogP contribution in [0.2, 0.25) is 5.04 Å². The molecule has 10 heteroatoms. The third-order valence-electron chi connectivity index (χ3n) is 6.38. The van der Waals surface area contributed by atoms with Gasteiger partial charge in [-0.3, -0.25) is 10.1 Å². The van der Waals surface area contributed by atoms with E-state index in [1.165, 1.54) is 11.3 Å². The number of amides is 2. The molecule has 0 aliphatic heterocycles. The number of hydrogen-bond donors (Lipinski definition) is 2. The fourth-order valence-corrected chi connectivity index (χ4v) is 10.1. The number of anilines is 2. The first kappa shape index (κ1) is 30.7. The fraction of sp³-hybridized carbons (Fsp3) is 0.323. The number of nitrogens with zero attached hydrogens (tertiary/aromatic N) is 1. The minimum atomic E-state index is -3.02. The highest BCUT2D eigenvalue weighted by atomic mass is 79.9. The molecule has 1 aromatic heterocycles. The Labute approximate surface area is 254 Å². The van der Waals surface area contributed by atoms with Crippen molar-refractivity contribution >= 4 is 79.0 Å². The van der Waals surface area contributed by atoms with Crippen LogP contribution in [0.4, 0.5) is 15.6 Å². The fourth-order valence-electron chi connectivity index (χ4n) is 4.65. The van der Waals surface area contributed by atoms with Gasteiger partial charge in [-0.05, 0) is 49.2 Å². The molecule has 0 radical (unpaired) electrons. The van der Waals surface area contributed by atoms with Crippen molar-refractivity contribution in [1.82, 2.24) is 4.98 Å². The highest BCUT2D eigenvalue weighted by Gasteiger charge is 2.52. The van der Waals surface area contributed by atoms with Crippen LogP contribution < -0.4 is 25.4 Å². The van der Waals surface area contributed by atoms with E-state index in [9.17, 15) is 9.59 Å². The van der Waals surface area contributed by atoms with Crippen molar-refractivity contribution < 1.29 is 18.8 Å². The zero-order valence-electron chi connectivity index (χ0n) is 24.4. The lowest BCUT2D eigenvalue weighted by Gasteiger charge is -2.43. The number of carbonyl (C=O) groups excluding carboxylic acids is 2. The molecule has 4 aromatic rings. The first-order chi connectivity index (χ1) is 19.2. The second kappa shape index (κ2) is 12.0. The predicted molar refractivity (Wildman–Crippen MR) is 175 cm³/mol. The molecule has 4 rings (SSSR count). The number of benzene rings is 3. The topological polar surface area (TPSA) is 89.5 Å². The lowest BCUT2D eigenvalue weighted by Crippen LogP contribution is -2.68. The Balaban J connectivity index is 1.92. The van der Waals surface area contributed by atoms with Gasteiger partial charge >= 0.3 is 14.4 Å². The number of fused-ring (bicyclic) bond motifs is 1. The number of halogens is 1. The lowest BCUT2D eigenvalue weighted by atomic mass is 10.2. The molecule has 0 bridgehead atoms. The number of carbonyl (C=O) groups is 2. The molecule has 0 spiro atoms. The summed E-state index contributed by atoms with van der Waals surface area (Å²) in [4.78, 5) is 29.6. The van der Waals surface area contributed by atoms with E-state index in [4.69, 9.17) is 14.1 Å². The number of rotatable bonds is 7. The van der Waals surface area contributed by atoms with Crippen LogP contribution in [-0.4, -0.2) is 35.7 Å². The van der Waals surface area contributed by atoms with E-state index < -0.39 is 20.0 Å². The first-order valence-corrected chi connectivity index (χ1v) is 17.0. The molecule has 7 nitrogen and oxygen atoms in total. The van der Waals surface area contributed by atoms with Crippen LogP contribution in [0.1, 0.15) is 48.5 Å². The molecule has 1 atom stereocenters. The van der Waals surface area contributed by atoms with Crippen molar-refractivity contribution in [2.45, 2.75) is 63.9 Å². The minimum Gasteiger partial charge on any atom is -0.532 e. The lowest BCUT2D eigenvalue weighted by molar-refractivity contribution is -0.115. The third-order valence-corrected chi connectivity index (χ3v) is 12.6. The molecular formula is C31H36BrN3O4SSi. The molecule has 216 valence electrons. The standard InChI is InChI=1S/C31H36BrN3O4SSi/c1-20(32)27(36)33-21-18-24(26-25(19-21)40-28(34-26)35-29(37)38-30(2,3)4)39-41(31(5,6)7,22-14-10-8-11-15-22)23-16-12-9-13-17-23/h8-20H,1-7H3,(H,33,36)(H,34,35,37). The largest absolute Gasteiger partial charge is 0.532 e. The molecule has 0 fully saturated rings. The van der Waals surface area contributed by atoms with Crippen molar-refractivity contribution in [2.75, 3.05) is 10.6 Å². The van der Waals surface area contributed by atoms with E-state index in [1.807, 2.05) is 48.5 Å². The van der Waals surface area contributed by atoms with Gasteiger partial charge in [0.15, 0.2) is 5.13 Å². The Morgan fingerprint density at radius 2 is 1.46 bits per heavy atom. The highest BCUT2D eigenvalue weighted by molar-refractivity contribution is 9.10. The van der Waals surface area contributed by atoms with Crippen molar-refractivity contribution in [2.24, 2.45) is 0 Å². The van der Waals surface area contributed by atoms with E-state index in [-0.39, 0.29) is 15.8 Å². The van der Waals surface area contributed by atoms with Crippen molar-refractivity contribution in [3.05, 3.63) is 72.8 Å². The highest BCUT2D eigenvalue weighted by Crippen LogP contribution is 2.42. The number of nitrogens with one attached hydrogen (secondary N) is 2. The van der Waals surface area contributed by atoms with Crippen molar-refractivity contribution in [3.63, 3.8) is 0 Å². The van der Waals surface area contributed by atoms with Crippen LogP contribution in [0.25, 0.3) is 10.2 Å². The Bertz CT molecular complexity index is 1490. The van der Waals surface area contributed by atoms with Gasteiger partial charge in [-0.15, -0.1) is 0 Å². The summed E-state index contributed by atoms with van der Waals surface area (Å²) in [6.45, 7) is 13.8. The molecule has 0 aliphatic carbocycles. The Morgan fingerprint density at radius 1 is 0.902 bits per heavy atom. The minimum absolute atomic E-state index is 0.183. The average molecular weight is 655 g/mol. The summed E-state index contributed by atoms with van der Waals surface area (Å²) in [6.07, 6.45) is -0.590. The maximum absolute atomic E-state index is 12.7. The van der Waals surface area contributed by atoms with Crippen molar-refractivity contribution in [1.29, 1.82) is 0 Å². The molecule has 2 N–H and O–H groups in total. The Hall–Kier alpha value is -3.21. The zero-order valence-corrected chi connectivity index (χ0v) is 27.8.